The number of hydrogen-bond acceptors (Lipinski definition) is 5. The largest absolute Gasteiger partial charge is 0.452 e. The van der Waals surface area contributed by atoms with E-state index in [1.165, 1.54) is 0 Å². The number of allylic oxidation sites excluding steroid dienone is 1. The molecule has 1 aromatic heterocycles. The van der Waals surface area contributed by atoms with Crippen molar-refractivity contribution >= 4 is 28.8 Å². The summed E-state index contributed by atoms with van der Waals surface area (Å²) in [5.41, 5.74) is 3.60. The minimum atomic E-state index is -0.612. The van der Waals surface area contributed by atoms with E-state index in [1.54, 1.807) is 37.3 Å². The molecule has 0 radical (unpaired) electrons. The van der Waals surface area contributed by atoms with Crippen LogP contribution in [-0.2, 0) is 0 Å². The number of fused-ring (bicyclic) bond motifs is 2. The quantitative estimate of drug-likeness (QED) is 0.240. The predicted molar refractivity (Wildman–Crippen MR) is 116 cm³/mol. The number of furan rings is 1. The molecule has 2 heterocycles. The third-order valence-electron chi connectivity index (χ3n) is 5.21. The number of esters is 1. The van der Waals surface area contributed by atoms with Crippen molar-refractivity contribution in [2.24, 2.45) is 0 Å². The molecule has 5 heteroatoms. The highest BCUT2D eigenvalue weighted by Crippen LogP contribution is 2.39. The molecule has 0 saturated carbocycles. The Hall–Kier alpha value is -4.12. The molecule has 3 aromatic carbocycles. The highest BCUT2D eigenvalue weighted by Gasteiger charge is 2.30. The molecule has 5 rings (SSSR count). The van der Waals surface area contributed by atoms with E-state index in [0.29, 0.717) is 28.2 Å². The number of aryl methyl sites for hydroxylation is 1. The minimum Gasteiger partial charge on any atom is -0.452 e. The average Bonchev–Trinajstić information content (AvgIpc) is 3.32. The lowest BCUT2D eigenvalue weighted by molar-refractivity contribution is 0.0702. The maximum atomic E-state index is 12.8. The number of benzene rings is 3. The minimum absolute atomic E-state index is 0.109. The molecule has 0 atom stereocenters. The zero-order valence-electron chi connectivity index (χ0n) is 17.0. The summed E-state index contributed by atoms with van der Waals surface area (Å²) >= 11 is 0. The second-order valence-electron chi connectivity index (χ2n) is 7.46. The number of ketones is 1. The Bertz CT molecular complexity index is 1360. The van der Waals surface area contributed by atoms with Crippen LogP contribution in [0.5, 0.6) is 11.5 Å². The molecule has 0 saturated heterocycles. The van der Waals surface area contributed by atoms with Gasteiger partial charge in [-0.15, -0.1) is 0 Å². The first kappa shape index (κ1) is 18.9. The van der Waals surface area contributed by atoms with Crippen molar-refractivity contribution < 1.29 is 23.5 Å². The molecule has 152 valence electrons. The summed E-state index contributed by atoms with van der Waals surface area (Å²) in [6.07, 6.45) is 1.72. The van der Waals surface area contributed by atoms with Gasteiger partial charge in [0.1, 0.15) is 17.1 Å². The molecular formula is C26H18O5. The fourth-order valence-electron chi connectivity index (χ4n) is 3.62. The number of carbonyl (C=O) groups is 2. The smallest absolute Gasteiger partial charge is 0.379 e. The van der Waals surface area contributed by atoms with Crippen molar-refractivity contribution in [3.63, 3.8) is 0 Å². The summed E-state index contributed by atoms with van der Waals surface area (Å²) in [5, 5.41) is 0.819. The SMILES string of the molecule is Cc1cccc(/C=C2\Oc3c(ccc(OC(=O)c4cc5ccccc5o4)c3C)C2=O)c1. The number of hydrogen-bond donors (Lipinski definition) is 0. The number of para-hydroxylation sites is 1. The van der Waals surface area contributed by atoms with E-state index in [0.717, 1.165) is 16.5 Å². The van der Waals surface area contributed by atoms with Gasteiger partial charge in [-0.1, -0.05) is 48.0 Å². The number of Topliss-reactive ketones (excluding diaryl/α,β-unsaturated/α-hetero) is 1. The van der Waals surface area contributed by atoms with Crippen molar-refractivity contribution in [1.82, 2.24) is 0 Å². The van der Waals surface area contributed by atoms with Gasteiger partial charge in [-0.3, -0.25) is 4.79 Å². The summed E-state index contributed by atoms with van der Waals surface area (Å²) in [5.74, 6) is 0.254. The fraction of sp³-hybridized carbons (Fsp3) is 0.0769. The topological polar surface area (TPSA) is 65.7 Å². The molecule has 0 spiro atoms. The van der Waals surface area contributed by atoms with E-state index in [2.05, 4.69) is 0 Å². The Morgan fingerprint density at radius 3 is 2.61 bits per heavy atom. The molecule has 1 aliphatic rings. The van der Waals surface area contributed by atoms with Crippen molar-refractivity contribution in [2.75, 3.05) is 0 Å². The molecule has 1 aliphatic heterocycles. The third-order valence-corrected chi connectivity index (χ3v) is 5.21. The standard InChI is InChI=1S/C26H18O5/c1-15-6-5-7-17(12-15)13-22-24(27)19-10-11-20(16(2)25(19)30-22)31-26(28)23-14-18-8-3-4-9-21(18)29-23/h3-14H,1-2H3/b22-13-. The third kappa shape index (κ3) is 3.40. The van der Waals surface area contributed by atoms with Crippen LogP contribution in [-0.4, -0.2) is 11.8 Å². The van der Waals surface area contributed by atoms with E-state index in [1.807, 2.05) is 49.4 Å². The Morgan fingerprint density at radius 1 is 0.968 bits per heavy atom. The molecule has 5 nitrogen and oxygen atoms in total. The highest BCUT2D eigenvalue weighted by atomic mass is 16.5. The van der Waals surface area contributed by atoms with Crippen LogP contribution in [0, 0.1) is 13.8 Å². The zero-order chi connectivity index (χ0) is 21.5. The molecule has 4 aromatic rings. The molecule has 0 bridgehead atoms. The Morgan fingerprint density at radius 2 is 1.81 bits per heavy atom. The normalized spacial score (nSPS) is 14.0. The second kappa shape index (κ2) is 7.29. The first-order valence-electron chi connectivity index (χ1n) is 9.85. The van der Waals surface area contributed by atoms with E-state index < -0.39 is 5.97 Å². The van der Waals surface area contributed by atoms with Gasteiger partial charge in [-0.05, 0) is 49.8 Å². The van der Waals surface area contributed by atoms with Crippen LogP contribution in [0.4, 0.5) is 0 Å². The van der Waals surface area contributed by atoms with Crippen LogP contribution in [0.15, 0.2) is 76.9 Å². The van der Waals surface area contributed by atoms with E-state index in [9.17, 15) is 9.59 Å². The van der Waals surface area contributed by atoms with E-state index in [4.69, 9.17) is 13.9 Å². The molecular weight excluding hydrogens is 392 g/mol. The van der Waals surface area contributed by atoms with Crippen molar-refractivity contribution in [1.29, 1.82) is 0 Å². The zero-order valence-corrected chi connectivity index (χ0v) is 17.0. The van der Waals surface area contributed by atoms with Crippen LogP contribution in [0.3, 0.4) is 0 Å². The lowest BCUT2D eigenvalue weighted by Crippen LogP contribution is -2.08. The van der Waals surface area contributed by atoms with Crippen LogP contribution in [0.2, 0.25) is 0 Å². The van der Waals surface area contributed by atoms with Crippen molar-refractivity contribution in [3.05, 3.63) is 101 Å². The first-order valence-corrected chi connectivity index (χ1v) is 9.85. The second-order valence-corrected chi connectivity index (χ2v) is 7.46. The van der Waals surface area contributed by atoms with Gasteiger partial charge in [0.25, 0.3) is 0 Å². The average molecular weight is 410 g/mol. The van der Waals surface area contributed by atoms with Gasteiger partial charge in [-0.25, -0.2) is 4.79 Å². The monoisotopic (exact) mass is 410 g/mol. The summed E-state index contributed by atoms with van der Waals surface area (Å²) < 4.78 is 17.0. The maximum Gasteiger partial charge on any atom is 0.379 e. The summed E-state index contributed by atoms with van der Waals surface area (Å²) in [6.45, 7) is 3.74. The lowest BCUT2D eigenvalue weighted by atomic mass is 10.1. The van der Waals surface area contributed by atoms with Gasteiger partial charge in [0, 0.05) is 10.9 Å². The molecule has 0 amide bonds. The van der Waals surface area contributed by atoms with Gasteiger partial charge < -0.3 is 13.9 Å². The van der Waals surface area contributed by atoms with Gasteiger partial charge in [-0.2, -0.15) is 0 Å². The first-order chi connectivity index (χ1) is 15.0. The molecule has 0 fully saturated rings. The lowest BCUT2D eigenvalue weighted by Gasteiger charge is -2.09. The van der Waals surface area contributed by atoms with E-state index >= 15 is 0 Å². The number of ether oxygens (including phenoxy) is 2. The van der Waals surface area contributed by atoms with Crippen LogP contribution >= 0.6 is 0 Å². The van der Waals surface area contributed by atoms with Gasteiger partial charge in [0.05, 0.1) is 5.56 Å². The maximum absolute atomic E-state index is 12.8. The Labute approximate surface area is 178 Å². The summed E-state index contributed by atoms with van der Waals surface area (Å²) in [6, 6.07) is 20.0. The highest BCUT2D eigenvalue weighted by molar-refractivity contribution is 6.15. The molecule has 0 unspecified atom stereocenters. The van der Waals surface area contributed by atoms with Crippen molar-refractivity contribution in [2.45, 2.75) is 13.8 Å². The van der Waals surface area contributed by atoms with E-state index in [-0.39, 0.29) is 17.3 Å². The van der Waals surface area contributed by atoms with Crippen molar-refractivity contribution in [3.8, 4) is 11.5 Å². The number of rotatable bonds is 3. The predicted octanol–water partition coefficient (Wildman–Crippen LogP) is 5.89. The summed E-state index contributed by atoms with van der Waals surface area (Å²) in [4.78, 5) is 25.4. The van der Waals surface area contributed by atoms with Gasteiger partial charge >= 0.3 is 5.97 Å². The molecule has 31 heavy (non-hydrogen) atoms. The van der Waals surface area contributed by atoms with Gasteiger partial charge in [0.15, 0.2) is 5.76 Å². The molecule has 0 N–H and O–H groups in total. The fourth-order valence-corrected chi connectivity index (χ4v) is 3.62. The van der Waals surface area contributed by atoms with Crippen LogP contribution < -0.4 is 9.47 Å². The van der Waals surface area contributed by atoms with Crippen LogP contribution in [0.1, 0.15) is 37.6 Å². The summed E-state index contributed by atoms with van der Waals surface area (Å²) in [7, 11) is 0. The number of carbonyl (C=O) groups excluding carboxylic acids is 2. The Kier molecular flexibility index (Phi) is 4.44. The Balaban J connectivity index is 1.43. The van der Waals surface area contributed by atoms with Gasteiger partial charge in [0.2, 0.25) is 11.5 Å². The van der Waals surface area contributed by atoms with Crippen LogP contribution in [0.25, 0.3) is 17.0 Å². The molecule has 0 aliphatic carbocycles.